The summed E-state index contributed by atoms with van der Waals surface area (Å²) in [6.07, 6.45) is -0.934. The molecule has 1 heterocycles. The molecule has 7 heteroatoms. The van der Waals surface area contributed by atoms with Crippen LogP contribution in [-0.2, 0) is 19.1 Å². The number of hydrogen-bond acceptors (Lipinski definition) is 5. The highest BCUT2D eigenvalue weighted by atomic mass is 16.7. The molecule has 1 saturated heterocycles. The molecule has 1 atom stereocenters. The molecule has 1 amide bonds. The van der Waals surface area contributed by atoms with Gasteiger partial charge >= 0.3 is 5.97 Å². The summed E-state index contributed by atoms with van der Waals surface area (Å²) in [5.41, 5.74) is 5.17. The number of carboxylic acids is 1. The maximum Gasteiger partial charge on any atom is 0.322 e. The van der Waals surface area contributed by atoms with E-state index in [0.717, 1.165) is 0 Å². The monoisotopic (exact) mass is 204 g/mol. The first-order chi connectivity index (χ1) is 6.61. The first kappa shape index (κ1) is 10.9. The van der Waals surface area contributed by atoms with E-state index >= 15 is 0 Å². The largest absolute Gasteiger partial charge is 0.480 e. The highest BCUT2D eigenvalue weighted by Gasteiger charge is 2.25. The van der Waals surface area contributed by atoms with E-state index in [2.05, 4.69) is 5.32 Å². The van der Waals surface area contributed by atoms with E-state index in [-0.39, 0.29) is 6.54 Å². The quantitative estimate of drug-likeness (QED) is 0.483. The number of hydrogen-bond donors (Lipinski definition) is 3. The Labute approximate surface area is 80.2 Å². The maximum atomic E-state index is 11.2. The van der Waals surface area contributed by atoms with Crippen LogP contribution in [0.4, 0.5) is 0 Å². The predicted octanol–water partition coefficient (Wildman–Crippen LogP) is -2.11. The number of rotatable bonds is 4. The van der Waals surface area contributed by atoms with Crippen molar-refractivity contribution in [3.05, 3.63) is 0 Å². The van der Waals surface area contributed by atoms with Gasteiger partial charge in [0.05, 0.1) is 13.2 Å². The van der Waals surface area contributed by atoms with Crippen LogP contribution in [0.5, 0.6) is 0 Å². The molecule has 1 aliphatic heterocycles. The first-order valence-electron chi connectivity index (χ1n) is 4.10. The van der Waals surface area contributed by atoms with Crippen LogP contribution in [0.15, 0.2) is 0 Å². The Kier molecular flexibility index (Phi) is 3.81. The molecule has 1 unspecified atom stereocenters. The topological polar surface area (TPSA) is 111 Å². The summed E-state index contributed by atoms with van der Waals surface area (Å²) in [6.45, 7) is 0.587. The van der Waals surface area contributed by atoms with Crippen molar-refractivity contribution in [1.29, 1.82) is 0 Å². The lowest BCUT2D eigenvalue weighted by atomic mass is 10.3. The fourth-order valence-corrected chi connectivity index (χ4v) is 0.891. The zero-order valence-corrected chi connectivity index (χ0v) is 7.43. The van der Waals surface area contributed by atoms with E-state index in [0.29, 0.717) is 13.2 Å². The third-order valence-corrected chi connectivity index (χ3v) is 1.65. The molecule has 80 valence electrons. The molecule has 4 N–H and O–H groups in total. The Morgan fingerprint density at radius 1 is 1.50 bits per heavy atom. The summed E-state index contributed by atoms with van der Waals surface area (Å²) in [5, 5.41) is 10.7. The van der Waals surface area contributed by atoms with E-state index < -0.39 is 24.2 Å². The molecular weight excluding hydrogens is 192 g/mol. The smallest absolute Gasteiger partial charge is 0.322 e. The van der Waals surface area contributed by atoms with Crippen molar-refractivity contribution in [3.8, 4) is 0 Å². The second-order valence-corrected chi connectivity index (χ2v) is 2.76. The predicted molar refractivity (Wildman–Crippen MR) is 44.3 cm³/mol. The number of nitrogens with one attached hydrogen (secondary N) is 1. The normalized spacial score (nSPS) is 19.2. The summed E-state index contributed by atoms with van der Waals surface area (Å²) in [5.74, 6) is -1.67. The first-order valence-corrected chi connectivity index (χ1v) is 4.10. The molecule has 14 heavy (non-hydrogen) atoms. The number of nitrogens with two attached hydrogens (primary N) is 1. The van der Waals surface area contributed by atoms with Gasteiger partial charge in [0.25, 0.3) is 5.91 Å². The lowest BCUT2D eigenvalue weighted by Crippen LogP contribution is -2.45. The van der Waals surface area contributed by atoms with Gasteiger partial charge < -0.3 is 25.6 Å². The Morgan fingerprint density at radius 2 is 2.07 bits per heavy atom. The second kappa shape index (κ2) is 4.89. The molecule has 0 saturated carbocycles. The minimum absolute atomic E-state index is 0.141. The Hall–Kier alpha value is -1.18. The summed E-state index contributed by atoms with van der Waals surface area (Å²) < 4.78 is 9.77. The van der Waals surface area contributed by atoms with Crippen LogP contribution in [0.25, 0.3) is 0 Å². The number of carbonyl (C=O) groups excluding carboxylic acids is 1. The standard InChI is InChI=1S/C7H12N2O5/c8-4(6(11)12)3-9-5(10)7-13-1-2-14-7/h4,7H,1-3,8H2,(H,9,10)(H,11,12). The fraction of sp³-hybridized carbons (Fsp3) is 0.714. The van der Waals surface area contributed by atoms with Crippen molar-refractivity contribution in [1.82, 2.24) is 5.32 Å². The molecule has 1 fully saturated rings. The number of carbonyl (C=O) groups is 2. The highest BCUT2D eigenvalue weighted by Crippen LogP contribution is 2.02. The summed E-state index contributed by atoms with van der Waals surface area (Å²) in [7, 11) is 0. The summed E-state index contributed by atoms with van der Waals surface area (Å²) in [4.78, 5) is 21.5. The Bertz CT molecular complexity index is 226. The fourth-order valence-electron chi connectivity index (χ4n) is 0.891. The van der Waals surface area contributed by atoms with Gasteiger partial charge in [-0.15, -0.1) is 0 Å². The van der Waals surface area contributed by atoms with Crippen LogP contribution < -0.4 is 11.1 Å². The molecule has 0 aromatic carbocycles. The molecule has 1 rings (SSSR count). The molecule has 0 bridgehead atoms. The Morgan fingerprint density at radius 3 is 2.57 bits per heavy atom. The molecule has 0 radical (unpaired) electrons. The molecule has 0 aliphatic carbocycles. The van der Waals surface area contributed by atoms with E-state index in [1.165, 1.54) is 0 Å². The van der Waals surface area contributed by atoms with E-state index in [1.807, 2.05) is 0 Å². The summed E-state index contributed by atoms with van der Waals surface area (Å²) in [6, 6.07) is -1.11. The number of carboxylic acid groups (broad SMARTS) is 1. The van der Waals surface area contributed by atoms with Gasteiger partial charge in [0, 0.05) is 6.54 Å². The molecule has 0 spiro atoms. The van der Waals surface area contributed by atoms with Crippen LogP contribution >= 0.6 is 0 Å². The third-order valence-electron chi connectivity index (χ3n) is 1.65. The molecular formula is C7H12N2O5. The van der Waals surface area contributed by atoms with Crippen LogP contribution in [0.3, 0.4) is 0 Å². The van der Waals surface area contributed by atoms with Crippen molar-refractivity contribution < 1.29 is 24.2 Å². The van der Waals surface area contributed by atoms with Gasteiger partial charge in [0.2, 0.25) is 6.29 Å². The zero-order valence-electron chi connectivity index (χ0n) is 7.43. The van der Waals surface area contributed by atoms with Gasteiger partial charge in [0.15, 0.2) is 0 Å². The number of aliphatic carboxylic acids is 1. The summed E-state index contributed by atoms with van der Waals surface area (Å²) >= 11 is 0. The lowest BCUT2D eigenvalue weighted by molar-refractivity contribution is -0.147. The minimum atomic E-state index is -1.17. The highest BCUT2D eigenvalue weighted by molar-refractivity contribution is 5.81. The van der Waals surface area contributed by atoms with Crippen molar-refractivity contribution in [2.75, 3.05) is 19.8 Å². The van der Waals surface area contributed by atoms with Crippen LogP contribution in [0.2, 0.25) is 0 Å². The van der Waals surface area contributed by atoms with Crippen LogP contribution in [0.1, 0.15) is 0 Å². The number of amides is 1. The molecule has 0 aromatic heterocycles. The second-order valence-electron chi connectivity index (χ2n) is 2.76. The van der Waals surface area contributed by atoms with Gasteiger partial charge in [-0.25, -0.2) is 0 Å². The SMILES string of the molecule is NC(CNC(=O)C1OCCO1)C(=O)O. The average Bonchev–Trinajstić information content (AvgIpc) is 2.66. The van der Waals surface area contributed by atoms with Gasteiger partial charge in [-0.05, 0) is 0 Å². The van der Waals surface area contributed by atoms with Crippen molar-refractivity contribution in [3.63, 3.8) is 0 Å². The molecule has 1 aliphatic rings. The average molecular weight is 204 g/mol. The lowest BCUT2D eigenvalue weighted by Gasteiger charge is -2.11. The van der Waals surface area contributed by atoms with Gasteiger partial charge in [-0.1, -0.05) is 0 Å². The van der Waals surface area contributed by atoms with Gasteiger partial charge in [-0.2, -0.15) is 0 Å². The van der Waals surface area contributed by atoms with Crippen LogP contribution in [0, 0.1) is 0 Å². The molecule has 0 aromatic rings. The maximum absolute atomic E-state index is 11.2. The van der Waals surface area contributed by atoms with E-state index in [1.54, 1.807) is 0 Å². The van der Waals surface area contributed by atoms with E-state index in [4.69, 9.17) is 20.3 Å². The van der Waals surface area contributed by atoms with Crippen molar-refractivity contribution >= 4 is 11.9 Å². The van der Waals surface area contributed by atoms with E-state index in [9.17, 15) is 9.59 Å². The third kappa shape index (κ3) is 2.95. The number of ether oxygens (including phenoxy) is 2. The van der Waals surface area contributed by atoms with Crippen molar-refractivity contribution in [2.24, 2.45) is 5.73 Å². The zero-order chi connectivity index (χ0) is 10.6. The molecule has 7 nitrogen and oxygen atoms in total. The van der Waals surface area contributed by atoms with Crippen molar-refractivity contribution in [2.45, 2.75) is 12.3 Å². The minimum Gasteiger partial charge on any atom is -0.480 e. The van der Waals surface area contributed by atoms with Gasteiger partial charge in [0.1, 0.15) is 6.04 Å². The van der Waals surface area contributed by atoms with Crippen LogP contribution in [-0.4, -0.2) is 49.1 Å². The Balaban J connectivity index is 2.23. The van der Waals surface area contributed by atoms with Gasteiger partial charge in [-0.3, -0.25) is 9.59 Å².